The molecule has 1 heterocycles. The van der Waals surface area contributed by atoms with E-state index >= 15 is 0 Å². The van der Waals surface area contributed by atoms with E-state index in [1.54, 1.807) is 7.11 Å². The summed E-state index contributed by atoms with van der Waals surface area (Å²) in [6.07, 6.45) is 3.44. The highest BCUT2D eigenvalue weighted by Gasteiger charge is 2.19. The summed E-state index contributed by atoms with van der Waals surface area (Å²) in [5.74, 6) is 0.866. The third kappa shape index (κ3) is 6.78. The average Bonchev–Trinajstić information content (AvgIpc) is 2.64. The van der Waals surface area contributed by atoms with Crippen LogP contribution in [0.3, 0.4) is 0 Å². The molecule has 1 atom stereocenters. The zero-order valence-corrected chi connectivity index (χ0v) is 17.1. The Hall–Kier alpha value is -1.30. The molecule has 5 nitrogen and oxygen atoms in total. The van der Waals surface area contributed by atoms with E-state index in [9.17, 15) is 0 Å². The normalized spacial score (nSPS) is 17.9. The van der Waals surface area contributed by atoms with Crippen LogP contribution in [-0.4, -0.2) is 56.7 Å². The lowest BCUT2D eigenvalue weighted by molar-refractivity contribution is 0.111. The van der Waals surface area contributed by atoms with Crippen LogP contribution in [0.25, 0.3) is 0 Å². The second-order valence-corrected chi connectivity index (χ2v) is 7.20. The molecule has 1 unspecified atom stereocenters. The molecule has 0 aliphatic carbocycles. The van der Waals surface area contributed by atoms with E-state index in [1.807, 2.05) is 24.3 Å². The summed E-state index contributed by atoms with van der Waals surface area (Å²) in [6.45, 7) is 9.26. The van der Waals surface area contributed by atoms with Crippen LogP contribution in [0.4, 0.5) is 0 Å². The Balaban J connectivity index is 1.93. The van der Waals surface area contributed by atoms with E-state index < -0.39 is 0 Å². The van der Waals surface area contributed by atoms with Crippen LogP contribution in [0.1, 0.15) is 44.8 Å². The summed E-state index contributed by atoms with van der Waals surface area (Å²) < 4.78 is 5.62. The molecule has 1 aliphatic heterocycles. The van der Waals surface area contributed by atoms with Crippen molar-refractivity contribution < 1.29 is 4.74 Å². The smallest absolute Gasteiger partial charge is 0.191 e. The maximum Gasteiger partial charge on any atom is 0.191 e. The quantitative estimate of drug-likeness (QED) is 0.535. The molecular formula is C20H33ClN4O. The molecule has 26 heavy (non-hydrogen) atoms. The molecule has 0 spiro atoms. The predicted octanol–water partition coefficient (Wildman–Crippen LogP) is 3.46. The van der Waals surface area contributed by atoms with Crippen LogP contribution < -0.4 is 10.6 Å². The molecule has 6 heteroatoms. The maximum atomic E-state index is 6.10. The number of rotatable bonds is 8. The number of benzene rings is 1. The van der Waals surface area contributed by atoms with Gasteiger partial charge in [0.2, 0.25) is 0 Å². The summed E-state index contributed by atoms with van der Waals surface area (Å²) in [4.78, 5) is 7.30. The van der Waals surface area contributed by atoms with Crippen molar-refractivity contribution >= 4 is 17.6 Å². The van der Waals surface area contributed by atoms with Crippen molar-refractivity contribution in [1.29, 1.82) is 0 Å². The molecular weight excluding hydrogens is 348 g/mol. The molecule has 0 saturated carbocycles. The Morgan fingerprint density at radius 2 is 2.12 bits per heavy atom. The van der Waals surface area contributed by atoms with Gasteiger partial charge in [-0.1, -0.05) is 30.7 Å². The van der Waals surface area contributed by atoms with Crippen molar-refractivity contribution in [2.45, 2.75) is 45.3 Å². The maximum absolute atomic E-state index is 6.10. The minimum atomic E-state index is -0.101. The van der Waals surface area contributed by atoms with Crippen molar-refractivity contribution in [2.24, 2.45) is 4.99 Å². The Kier molecular flexibility index (Phi) is 9.23. The first-order chi connectivity index (χ1) is 12.7. The summed E-state index contributed by atoms with van der Waals surface area (Å²) >= 11 is 6.10. The molecule has 0 bridgehead atoms. The average molecular weight is 381 g/mol. The van der Waals surface area contributed by atoms with Crippen LogP contribution in [0.15, 0.2) is 29.3 Å². The van der Waals surface area contributed by atoms with Crippen LogP contribution in [0.2, 0.25) is 5.02 Å². The number of nitrogens with one attached hydrogen (secondary N) is 2. The predicted molar refractivity (Wildman–Crippen MR) is 110 cm³/mol. The topological polar surface area (TPSA) is 48.9 Å². The fraction of sp³-hybridized carbons (Fsp3) is 0.650. The number of piperidine rings is 1. The first-order valence-corrected chi connectivity index (χ1v) is 10.1. The van der Waals surface area contributed by atoms with Gasteiger partial charge in [0.05, 0.1) is 6.54 Å². The van der Waals surface area contributed by atoms with Gasteiger partial charge in [0.1, 0.15) is 6.10 Å². The van der Waals surface area contributed by atoms with Gasteiger partial charge in [0.15, 0.2) is 5.96 Å². The van der Waals surface area contributed by atoms with Crippen LogP contribution >= 0.6 is 11.6 Å². The standard InChI is InChI=1S/C20H33ClN4O/c1-4-11-25-12-9-18(10-13-25)24-20(22-5-2)23-15-19(26-3)16-7-6-8-17(21)14-16/h6-8,14,18-19H,4-5,9-13,15H2,1-3H3,(H2,22,23,24). The third-order valence-corrected chi connectivity index (χ3v) is 4.97. The van der Waals surface area contributed by atoms with E-state index in [0.29, 0.717) is 12.6 Å². The lowest BCUT2D eigenvalue weighted by Crippen LogP contribution is -2.48. The largest absolute Gasteiger partial charge is 0.375 e. The second-order valence-electron chi connectivity index (χ2n) is 6.76. The number of nitrogens with zero attached hydrogens (tertiary/aromatic N) is 2. The SMILES string of the molecule is CCCN1CCC(NC(=NCC(OC)c2cccc(Cl)c2)NCC)CC1. The Morgan fingerprint density at radius 3 is 2.73 bits per heavy atom. The van der Waals surface area contributed by atoms with Crippen molar-refractivity contribution in [2.75, 3.05) is 39.8 Å². The molecule has 1 saturated heterocycles. The van der Waals surface area contributed by atoms with Crippen LogP contribution in [-0.2, 0) is 4.74 Å². The van der Waals surface area contributed by atoms with Gasteiger partial charge in [0, 0.05) is 37.8 Å². The zero-order valence-electron chi connectivity index (χ0n) is 16.3. The van der Waals surface area contributed by atoms with Crippen LogP contribution in [0, 0.1) is 0 Å². The summed E-state index contributed by atoms with van der Waals surface area (Å²) in [5, 5.41) is 7.66. The Labute approximate surface area is 163 Å². The highest BCUT2D eigenvalue weighted by atomic mass is 35.5. The lowest BCUT2D eigenvalue weighted by Gasteiger charge is -2.32. The number of hydrogen-bond acceptors (Lipinski definition) is 3. The lowest BCUT2D eigenvalue weighted by atomic mass is 10.1. The van der Waals surface area contributed by atoms with Crippen molar-refractivity contribution in [3.63, 3.8) is 0 Å². The molecule has 146 valence electrons. The highest BCUT2D eigenvalue weighted by molar-refractivity contribution is 6.30. The van der Waals surface area contributed by atoms with E-state index in [2.05, 4.69) is 29.4 Å². The fourth-order valence-corrected chi connectivity index (χ4v) is 3.53. The van der Waals surface area contributed by atoms with E-state index in [1.165, 1.54) is 13.0 Å². The molecule has 2 rings (SSSR count). The molecule has 1 aromatic rings. The minimum Gasteiger partial charge on any atom is -0.375 e. The van der Waals surface area contributed by atoms with Gasteiger partial charge in [-0.25, -0.2) is 0 Å². The first-order valence-electron chi connectivity index (χ1n) is 9.71. The number of halogens is 1. The fourth-order valence-electron chi connectivity index (χ4n) is 3.33. The van der Waals surface area contributed by atoms with E-state index in [0.717, 1.165) is 49.0 Å². The van der Waals surface area contributed by atoms with Gasteiger partial charge in [-0.2, -0.15) is 0 Å². The minimum absolute atomic E-state index is 0.101. The van der Waals surface area contributed by atoms with Gasteiger partial charge in [-0.3, -0.25) is 4.99 Å². The highest BCUT2D eigenvalue weighted by Crippen LogP contribution is 2.20. The Bertz CT molecular complexity index is 558. The first kappa shape index (κ1) is 21.0. The van der Waals surface area contributed by atoms with Gasteiger partial charge in [0.25, 0.3) is 0 Å². The zero-order chi connectivity index (χ0) is 18.8. The number of methoxy groups -OCH3 is 1. The molecule has 1 aliphatic rings. The van der Waals surface area contributed by atoms with E-state index in [4.69, 9.17) is 21.3 Å². The number of guanidine groups is 1. The van der Waals surface area contributed by atoms with Crippen molar-refractivity contribution in [3.05, 3.63) is 34.9 Å². The number of aliphatic imine (C=N–C) groups is 1. The number of hydrogen-bond donors (Lipinski definition) is 2. The molecule has 0 radical (unpaired) electrons. The van der Waals surface area contributed by atoms with Crippen molar-refractivity contribution in [1.82, 2.24) is 15.5 Å². The molecule has 0 amide bonds. The molecule has 1 fully saturated rings. The second kappa shape index (κ2) is 11.4. The van der Waals surface area contributed by atoms with Crippen molar-refractivity contribution in [3.8, 4) is 0 Å². The van der Waals surface area contributed by atoms with Gasteiger partial charge < -0.3 is 20.3 Å². The third-order valence-electron chi connectivity index (χ3n) is 4.73. The van der Waals surface area contributed by atoms with E-state index in [-0.39, 0.29) is 6.10 Å². The summed E-state index contributed by atoms with van der Waals surface area (Å²) in [5.41, 5.74) is 1.05. The van der Waals surface area contributed by atoms with Gasteiger partial charge in [-0.05, 0) is 50.4 Å². The molecule has 1 aromatic carbocycles. The number of ether oxygens (including phenoxy) is 1. The molecule has 2 N–H and O–H groups in total. The van der Waals surface area contributed by atoms with Gasteiger partial charge >= 0.3 is 0 Å². The monoisotopic (exact) mass is 380 g/mol. The summed E-state index contributed by atoms with van der Waals surface area (Å²) in [6, 6.07) is 8.26. The van der Waals surface area contributed by atoms with Crippen LogP contribution in [0.5, 0.6) is 0 Å². The van der Waals surface area contributed by atoms with Gasteiger partial charge in [-0.15, -0.1) is 0 Å². The Morgan fingerprint density at radius 1 is 1.35 bits per heavy atom. The number of likely N-dealkylation sites (tertiary alicyclic amines) is 1. The summed E-state index contributed by atoms with van der Waals surface area (Å²) in [7, 11) is 1.71. The molecule has 0 aromatic heterocycles.